The van der Waals surface area contributed by atoms with Gasteiger partial charge in [0.2, 0.25) is 18.6 Å². The Morgan fingerprint density at radius 2 is 2.10 bits per heavy atom. The predicted octanol–water partition coefficient (Wildman–Crippen LogP) is 1.98. The lowest BCUT2D eigenvalue weighted by molar-refractivity contribution is -0.130. The van der Waals surface area contributed by atoms with E-state index >= 15 is 0 Å². The lowest BCUT2D eigenvalue weighted by Gasteiger charge is -2.27. The summed E-state index contributed by atoms with van der Waals surface area (Å²) in [5.41, 5.74) is 0.698. The zero-order chi connectivity index (χ0) is 20.4. The first-order valence-electron chi connectivity index (χ1n) is 9.31. The number of sulfone groups is 1. The molecular formula is C18H21N3O6S2. The first-order chi connectivity index (χ1) is 13.9. The summed E-state index contributed by atoms with van der Waals surface area (Å²) in [5.74, 6) is 1.77. The monoisotopic (exact) mass is 439 g/mol. The number of nitrogens with zero attached hydrogens (tertiary/aromatic N) is 3. The fourth-order valence-electron chi connectivity index (χ4n) is 3.39. The minimum absolute atomic E-state index is 0.0399. The standard InChI is InChI=1S/C18H21N3O6S2/c1-2-6-21(13-5-7-29(23,24)10-13)16(22)9-28-18-20-19-17(27-18)12-3-4-14-15(8-12)26-11-25-14/h3-4,8,13H,2,5-7,9-11H2,1H3/t13-/m1/s1. The van der Waals surface area contributed by atoms with Crippen molar-refractivity contribution in [2.24, 2.45) is 0 Å². The molecule has 0 N–H and O–H groups in total. The highest BCUT2D eigenvalue weighted by Crippen LogP contribution is 2.36. The number of rotatable bonds is 7. The number of benzene rings is 1. The van der Waals surface area contributed by atoms with Crippen molar-refractivity contribution in [2.75, 3.05) is 30.6 Å². The van der Waals surface area contributed by atoms with Crippen molar-refractivity contribution < 1.29 is 27.1 Å². The number of carbonyl (C=O) groups excluding carboxylic acids is 1. The first-order valence-corrected chi connectivity index (χ1v) is 12.1. The van der Waals surface area contributed by atoms with E-state index in [9.17, 15) is 13.2 Å². The number of thioether (sulfide) groups is 1. The third-order valence-corrected chi connectivity index (χ3v) is 7.33. The lowest BCUT2D eigenvalue weighted by atomic mass is 10.2. The zero-order valence-corrected chi connectivity index (χ0v) is 17.5. The predicted molar refractivity (Wildman–Crippen MR) is 106 cm³/mol. The molecule has 4 rings (SSSR count). The Morgan fingerprint density at radius 3 is 2.86 bits per heavy atom. The van der Waals surface area contributed by atoms with E-state index in [4.69, 9.17) is 13.9 Å². The van der Waals surface area contributed by atoms with Crippen molar-refractivity contribution in [1.82, 2.24) is 15.1 Å². The minimum atomic E-state index is -3.05. The van der Waals surface area contributed by atoms with Crippen molar-refractivity contribution in [3.63, 3.8) is 0 Å². The van der Waals surface area contributed by atoms with E-state index in [1.54, 1.807) is 23.1 Å². The number of carbonyl (C=O) groups is 1. The second kappa shape index (κ2) is 8.23. The van der Waals surface area contributed by atoms with Gasteiger partial charge in [-0.05, 0) is 31.0 Å². The molecule has 0 unspecified atom stereocenters. The van der Waals surface area contributed by atoms with Crippen molar-refractivity contribution >= 4 is 27.5 Å². The van der Waals surface area contributed by atoms with Crippen LogP contribution in [0.5, 0.6) is 11.5 Å². The van der Waals surface area contributed by atoms with E-state index < -0.39 is 9.84 Å². The maximum absolute atomic E-state index is 12.7. The van der Waals surface area contributed by atoms with E-state index in [0.29, 0.717) is 35.9 Å². The molecule has 0 saturated carbocycles. The summed E-state index contributed by atoms with van der Waals surface area (Å²) in [6, 6.07) is 5.08. The topological polar surface area (TPSA) is 112 Å². The van der Waals surface area contributed by atoms with Crippen molar-refractivity contribution in [2.45, 2.75) is 31.0 Å². The molecule has 1 fully saturated rings. The number of ether oxygens (including phenoxy) is 2. The first kappa shape index (κ1) is 20.0. The minimum Gasteiger partial charge on any atom is -0.454 e. The van der Waals surface area contributed by atoms with Gasteiger partial charge in [0.15, 0.2) is 21.3 Å². The molecule has 1 saturated heterocycles. The summed E-state index contributed by atoms with van der Waals surface area (Å²) in [5, 5.41) is 8.30. The van der Waals surface area contributed by atoms with Crippen LogP contribution in [0.4, 0.5) is 0 Å². The van der Waals surface area contributed by atoms with Gasteiger partial charge in [-0.1, -0.05) is 18.7 Å². The molecule has 0 spiro atoms. The number of hydrogen-bond donors (Lipinski definition) is 0. The Morgan fingerprint density at radius 1 is 1.28 bits per heavy atom. The smallest absolute Gasteiger partial charge is 0.277 e. The highest BCUT2D eigenvalue weighted by atomic mass is 32.2. The highest BCUT2D eigenvalue weighted by molar-refractivity contribution is 7.99. The van der Waals surface area contributed by atoms with Gasteiger partial charge in [-0.3, -0.25) is 4.79 Å². The van der Waals surface area contributed by atoms with Crippen molar-refractivity contribution in [3.8, 4) is 23.0 Å². The van der Waals surface area contributed by atoms with Crippen LogP contribution in [0.1, 0.15) is 19.8 Å². The molecule has 0 aliphatic carbocycles. The van der Waals surface area contributed by atoms with Crippen LogP contribution in [0.3, 0.4) is 0 Å². The largest absolute Gasteiger partial charge is 0.454 e. The Hall–Kier alpha value is -2.27. The molecule has 9 nitrogen and oxygen atoms in total. The van der Waals surface area contributed by atoms with Crippen molar-refractivity contribution in [3.05, 3.63) is 18.2 Å². The van der Waals surface area contributed by atoms with Crippen LogP contribution in [0.2, 0.25) is 0 Å². The van der Waals surface area contributed by atoms with Crippen LogP contribution in [-0.4, -0.2) is 66.1 Å². The second-order valence-corrected chi connectivity index (χ2v) is 10.0. The fourth-order valence-corrected chi connectivity index (χ4v) is 5.77. The van der Waals surface area contributed by atoms with Crippen LogP contribution < -0.4 is 9.47 Å². The molecule has 1 atom stereocenters. The van der Waals surface area contributed by atoms with Gasteiger partial charge < -0.3 is 18.8 Å². The van der Waals surface area contributed by atoms with Gasteiger partial charge in [-0.25, -0.2) is 8.42 Å². The third kappa shape index (κ3) is 4.50. The number of aromatic nitrogens is 2. The molecule has 0 bridgehead atoms. The van der Waals surface area contributed by atoms with E-state index in [2.05, 4.69) is 10.2 Å². The molecule has 2 aliphatic heterocycles. The molecule has 1 aromatic heterocycles. The maximum atomic E-state index is 12.7. The Balaban J connectivity index is 1.39. The molecule has 1 aromatic carbocycles. The van der Waals surface area contributed by atoms with Crippen LogP contribution >= 0.6 is 11.8 Å². The fraction of sp³-hybridized carbons (Fsp3) is 0.500. The summed E-state index contributed by atoms with van der Waals surface area (Å²) in [6.07, 6.45) is 1.26. The second-order valence-electron chi connectivity index (χ2n) is 6.87. The summed E-state index contributed by atoms with van der Waals surface area (Å²) in [4.78, 5) is 14.4. The maximum Gasteiger partial charge on any atom is 0.277 e. The Bertz CT molecular complexity index is 1010. The Labute approximate surface area is 172 Å². The molecule has 156 valence electrons. The van der Waals surface area contributed by atoms with Crippen LogP contribution in [0.25, 0.3) is 11.5 Å². The van der Waals surface area contributed by atoms with Crippen LogP contribution in [0, 0.1) is 0 Å². The van der Waals surface area contributed by atoms with E-state index in [1.165, 1.54) is 0 Å². The van der Waals surface area contributed by atoms with E-state index in [1.807, 2.05) is 6.92 Å². The molecule has 29 heavy (non-hydrogen) atoms. The quantitative estimate of drug-likeness (QED) is 0.598. The number of amides is 1. The highest BCUT2D eigenvalue weighted by Gasteiger charge is 2.34. The van der Waals surface area contributed by atoms with Crippen molar-refractivity contribution in [1.29, 1.82) is 0 Å². The van der Waals surface area contributed by atoms with Crippen LogP contribution in [-0.2, 0) is 14.6 Å². The van der Waals surface area contributed by atoms with Gasteiger partial charge in [-0.15, -0.1) is 10.2 Å². The Kier molecular flexibility index (Phi) is 5.68. The SMILES string of the molecule is CCCN(C(=O)CSc1nnc(-c2ccc3c(c2)OCO3)o1)[C@@H]1CCS(=O)(=O)C1. The summed E-state index contributed by atoms with van der Waals surface area (Å²) >= 11 is 1.15. The zero-order valence-electron chi connectivity index (χ0n) is 15.9. The normalized spacial score (nSPS) is 19.4. The summed E-state index contributed by atoms with van der Waals surface area (Å²) < 4.78 is 39.8. The molecule has 3 heterocycles. The number of hydrogen-bond acceptors (Lipinski definition) is 9. The van der Waals surface area contributed by atoms with Gasteiger partial charge in [0.25, 0.3) is 5.22 Å². The number of fused-ring (bicyclic) bond motifs is 1. The van der Waals surface area contributed by atoms with E-state index in [-0.39, 0.29) is 41.2 Å². The average Bonchev–Trinajstić information content (AvgIpc) is 3.42. The van der Waals surface area contributed by atoms with Gasteiger partial charge >= 0.3 is 0 Å². The molecular weight excluding hydrogens is 418 g/mol. The van der Waals surface area contributed by atoms with Gasteiger partial charge in [0.1, 0.15) is 0 Å². The summed E-state index contributed by atoms with van der Waals surface area (Å²) in [7, 11) is -3.05. The summed E-state index contributed by atoms with van der Waals surface area (Å²) in [6.45, 7) is 2.68. The molecule has 2 aliphatic rings. The molecule has 1 amide bonds. The van der Waals surface area contributed by atoms with Gasteiger partial charge in [-0.2, -0.15) is 0 Å². The average molecular weight is 440 g/mol. The lowest BCUT2D eigenvalue weighted by Crippen LogP contribution is -2.42. The molecule has 11 heteroatoms. The van der Waals surface area contributed by atoms with Gasteiger partial charge in [0.05, 0.1) is 17.3 Å². The van der Waals surface area contributed by atoms with E-state index in [0.717, 1.165) is 18.2 Å². The van der Waals surface area contributed by atoms with Crippen LogP contribution in [0.15, 0.2) is 27.8 Å². The molecule has 0 radical (unpaired) electrons. The van der Waals surface area contributed by atoms with Gasteiger partial charge in [0, 0.05) is 18.2 Å². The third-order valence-electron chi connectivity index (χ3n) is 4.78. The molecule has 2 aromatic rings.